The molecule has 0 unspecified atom stereocenters. The summed E-state index contributed by atoms with van der Waals surface area (Å²) in [4.78, 5) is 0. The van der Waals surface area contributed by atoms with Crippen LogP contribution in [0.25, 0.3) is 0 Å². The first kappa shape index (κ1) is 17.8. The monoisotopic (exact) mass is 293 g/mol. The maximum Gasteiger partial charge on any atom is 0.161 e. The van der Waals surface area contributed by atoms with Crippen molar-refractivity contribution in [2.75, 3.05) is 26.3 Å². The second kappa shape index (κ2) is 11.4. The summed E-state index contributed by atoms with van der Waals surface area (Å²) in [7, 11) is 0. The molecule has 0 amide bonds. The number of aryl methyl sites for hydroxylation is 1. The van der Waals surface area contributed by atoms with E-state index in [1.165, 1.54) is 31.2 Å². The van der Waals surface area contributed by atoms with Crippen molar-refractivity contribution < 1.29 is 9.47 Å². The average Bonchev–Trinajstić information content (AvgIpc) is 2.49. The van der Waals surface area contributed by atoms with Gasteiger partial charge in [-0.15, -0.1) is 0 Å². The van der Waals surface area contributed by atoms with Gasteiger partial charge in [-0.2, -0.15) is 0 Å². The van der Waals surface area contributed by atoms with Crippen LogP contribution in [0, 0.1) is 0 Å². The fourth-order valence-corrected chi connectivity index (χ4v) is 2.36. The molecule has 1 aromatic carbocycles. The van der Waals surface area contributed by atoms with Gasteiger partial charge >= 0.3 is 0 Å². The van der Waals surface area contributed by atoms with Crippen LogP contribution in [0.5, 0.6) is 11.5 Å². The Kier molecular flexibility index (Phi) is 9.71. The fourth-order valence-electron chi connectivity index (χ4n) is 2.36. The molecule has 21 heavy (non-hydrogen) atoms. The molecule has 0 radical (unpaired) electrons. The molecule has 3 nitrogen and oxygen atoms in total. The summed E-state index contributed by atoms with van der Waals surface area (Å²) in [6.45, 7) is 9.73. The first-order valence-electron chi connectivity index (χ1n) is 8.41. The highest BCUT2D eigenvalue weighted by Gasteiger charge is 2.06. The molecule has 120 valence electrons. The fraction of sp³-hybridized carbons (Fsp3) is 0.667. The van der Waals surface area contributed by atoms with E-state index in [0.29, 0.717) is 13.2 Å². The maximum atomic E-state index is 5.67. The molecule has 0 fully saturated rings. The molecule has 0 heterocycles. The molecule has 0 atom stereocenters. The third kappa shape index (κ3) is 7.37. The minimum atomic E-state index is 0.672. The van der Waals surface area contributed by atoms with Crippen LogP contribution < -0.4 is 14.8 Å². The van der Waals surface area contributed by atoms with Crippen molar-refractivity contribution in [3.63, 3.8) is 0 Å². The molecule has 0 saturated carbocycles. The Hall–Kier alpha value is -1.22. The van der Waals surface area contributed by atoms with Gasteiger partial charge in [-0.05, 0) is 63.9 Å². The van der Waals surface area contributed by atoms with Gasteiger partial charge < -0.3 is 14.8 Å². The average molecular weight is 293 g/mol. The number of benzene rings is 1. The highest BCUT2D eigenvalue weighted by atomic mass is 16.5. The molecule has 0 aliphatic carbocycles. The van der Waals surface area contributed by atoms with Gasteiger partial charge in [0.2, 0.25) is 0 Å². The van der Waals surface area contributed by atoms with Crippen molar-refractivity contribution in [3.8, 4) is 11.5 Å². The molecule has 1 aromatic rings. The third-order valence-corrected chi connectivity index (χ3v) is 3.43. The van der Waals surface area contributed by atoms with E-state index in [0.717, 1.165) is 31.0 Å². The van der Waals surface area contributed by atoms with Gasteiger partial charge in [-0.25, -0.2) is 0 Å². The first-order chi connectivity index (χ1) is 10.3. The Morgan fingerprint density at radius 1 is 0.857 bits per heavy atom. The normalized spacial score (nSPS) is 10.6. The molecule has 0 bridgehead atoms. The first-order valence-corrected chi connectivity index (χ1v) is 8.41. The summed E-state index contributed by atoms with van der Waals surface area (Å²) < 4.78 is 11.3. The highest BCUT2D eigenvalue weighted by molar-refractivity contribution is 5.43. The topological polar surface area (TPSA) is 30.5 Å². The Morgan fingerprint density at radius 3 is 2.29 bits per heavy atom. The van der Waals surface area contributed by atoms with Crippen LogP contribution in [0.4, 0.5) is 0 Å². The number of rotatable bonds is 12. The molecular formula is C18H31NO2. The highest BCUT2D eigenvalue weighted by Crippen LogP contribution is 2.29. The molecular weight excluding hydrogens is 262 g/mol. The maximum absolute atomic E-state index is 5.67. The summed E-state index contributed by atoms with van der Waals surface area (Å²) in [6.07, 6.45) is 6.24. The summed E-state index contributed by atoms with van der Waals surface area (Å²) in [5.74, 6) is 1.73. The zero-order valence-corrected chi connectivity index (χ0v) is 13.9. The van der Waals surface area contributed by atoms with Crippen LogP contribution >= 0.6 is 0 Å². The molecule has 0 aliphatic heterocycles. The Labute approximate surface area is 130 Å². The Bertz CT molecular complexity index is 379. The van der Waals surface area contributed by atoms with E-state index < -0.39 is 0 Å². The number of hydrogen-bond acceptors (Lipinski definition) is 3. The van der Waals surface area contributed by atoms with E-state index in [2.05, 4.69) is 24.4 Å². The number of ether oxygens (including phenoxy) is 2. The van der Waals surface area contributed by atoms with Gasteiger partial charge in [0, 0.05) is 0 Å². The SMILES string of the molecule is CCNCCCCCCc1ccc(OCC)c(OCC)c1. The number of hydrogen-bond donors (Lipinski definition) is 1. The van der Waals surface area contributed by atoms with Crippen molar-refractivity contribution >= 4 is 0 Å². The van der Waals surface area contributed by atoms with Crippen LogP contribution in [-0.4, -0.2) is 26.3 Å². The van der Waals surface area contributed by atoms with Crippen LogP contribution in [0.1, 0.15) is 52.0 Å². The lowest BCUT2D eigenvalue weighted by Crippen LogP contribution is -2.13. The van der Waals surface area contributed by atoms with Gasteiger partial charge in [0.25, 0.3) is 0 Å². The minimum absolute atomic E-state index is 0.672. The molecule has 0 saturated heterocycles. The third-order valence-electron chi connectivity index (χ3n) is 3.43. The predicted octanol–water partition coefficient (Wildman–Crippen LogP) is 4.20. The molecule has 0 aromatic heterocycles. The van der Waals surface area contributed by atoms with E-state index in [1.54, 1.807) is 0 Å². The smallest absolute Gasteiger partial charge is 0.161 e. The summed E-state index contributed by atoms with van der Waals surface area (Å²) >= 11 is 0. The van der Waals surface area contributed by atoms with Crippen molar-refractivity contribution in [3.05, 3.63) is 23.8 Å². The molecule has 0 aliphatic rings. The summed E-state index contributed by atoms with van der Waals surface area (Å²) in [5, 5.41) is 3.37. The van der Waals surface area contributed by atoms with Crippen molar-refractivity contribution in [1.29, 1.82) is 0 Å². The van der Waals surface area contributed by atoms with E-state index in [9.17, 15) is 0 Å². The van der Waals surface area contributed by atoms with E-state index in [-0.39, 0.29) is 0 Å². The molecule has 1 rings (SSSR count). The zero-order valence-electron chi connectivity index (χ0n) is 13.9. The largest absolute Gasteiger partial charge is 0.490 e. The van der Waals surface area contributed by atoms with Gasteiger partial charge in [0.1, 0.15) is 0 Å². The van der Waals surface area contributed by atoms with Crippen LogP contribution in [0.15, 0.2) is 18.2 Å². The van der Waals surface area contributed by atoms with Crippen molar-refractivity contribution in [2.45, 2.75) is 52.9 Å². The molecule has 0 spiro atoms. The van der Waals surface area contributed by atoms with Gasteiger partial charge in [0.05, 0.1) is 13.2 Å². The Balaban J connectivity index is 2.35. The van der Waals surface area contributed by atoms with E-state index in [1.807, 2.05) is 19.9 Å². The van der Waals surface area contributed by atoms with Crippen LogP contribution in [0.2, 0.25) is 0 Å². The van der Waals surface area contributed by atoms with Crippen LogP contribution in [-0.2, 0) is 6.42 Å². The second-order valence-electron chi connectivity index (χ2n) is 5.16. The lowest BCUT2D eigenvalue weighted by atomic mass is 10.1. The standard InChI is InChI=1S/C18H31NO2/c1-4-19-14-10-8-7-9-11-16-12-13-17(20-5-2)18(15-16)21-6-3/h12-13,15,19H,4-11,14H2,1-3H3. The molecule has 3 heteroatoms. The lowest BCUT2D eigenvalue weighted by Gasteiger charge is -2.12. The Morgan fingerprint density at radius 2 is 1.57 bits per heavy atom. The molecule has 1 N–H and O–H groups in total. The number of nitrogens with one attached hydrogen (secondary N) is 1. The van der Waals surface area contributed by atoms with E-state index in [4.69, 9.17) is 9.47 Å². The second-order valence-corrected chi connectivity index (χ2v) is 5.16. The predicted molar refractivity (Wildman–Crippen MR) is 89.5 cm³/mol. The number of unbranched alkanes of at least 4 members (excludes halogenated alkanes) is 3. The zero-order chi connectivity index (χ0) is 15.3. The quantitative estimate of drug-likeness (QED) is 0.586. The van der Waals surface area contributed by atoms with Gasteiger partial charge in [-0.3, -0.25) is 0 Å². The van der Waals surface area contributed by atoms with E-state index >= 15 is 0 Å². The summed E-state index contributed by atoms with van der Waals surface area (Å²) in [6, 6.07) is 6.33. The lowest BCUT2D eigenvalue weighted by molar-refractivity contribution is 0.287. The van der Waals surface area contributed by atoms with Crippen molar-refractivity contribution in [2.24, 2.45) is 0 Å². The van der Waals surface area contributed by atoms with Gasteiger partial charge in [-0.1, -0.05) is 25.8 Å². The summed E-state index contributed by atoms with van der Waals surface area (Å²) in [5.41, 5.74) is 1.34. The van der Waals surface area contributed by atoms with Crippen LogP contribution in [0.3, 0.4) is 0 Å². The van der Waals surface area contributed by atoms with Gasteiger partial charge in [0.15, 0.2) is 11.5 Å². The minimum Gasteiger partial charge on any atom is -0.490 e. The van der Waals surface area contributed by atoms with Crippen molar-refractivity contribution in [1.82, 2.24) is 5.32 Å².